The standard InChI is InChI=1S/C11H18O5/c1-5-6-7-11(8(2)12,15-9(3)13)16-10(4)14/h5-7H2,1-4H3. The zero-order valence-corrected chi connectivity index (χ0v) is 10.2. The Morgan fingerprint density at radius 2 is 1.44 bits per heavy atom. The largest absolute Gasteiger partial charge is 0.415 e. The van der Waals surface area contributed by atoms with Crippen molar-refractivity contribution in [2.75, 3.05) is 0 Å². The minimum absolute atomic E-state index is 0.192. The SMILES string of the molecule is CCCCC(OC(C)=O)(OC(C)=O)C(C)=O. The Kier molecular flexibility index (Phi) is 5.71. The van der Waals surface area contributed by atoms with Crippen LogP contribution < -0.4 is 0 Å². The maximum Gasteiger partial charge on any atom is 0.315 e. The first kappa shape index (κ1) is 14.6. The van der Waals surface area contributed by atoms with Gasteiger partial charge in [-0.25, -0.2) is 0 Å². The molecule has 0 radical (unpaired) electrons. The van der Waals surface area contributed by atoms with Crippen molar-refractivity contribution >= 4 is 17.7 Å². The van der Waals surface area contributed by atoms with E-state index in [1.807, 2.05) is 6.92 Å². The molecule has 0 aromatic rings. The molecule has 0 N–H and O–H groups in total. The molecular formula is C11H18O5. The van der Waals surface area contributed by atoms with E-state index in [4.69, 9.17) is 9.47 Å². The first-order chi connectivity index (χ1) is 7.34. The second-order valence-corrected chi connectivity index (χ2v) is 3.60. The van der Waals surface area contributed by atoms with E-state index in [1.165, 1.54) is 20.8 Å². The summed E-state index contributed by atoms with van der Waals surface area (Å²) in [6, 6.07) is 0. The Balaban J connectivity index is 4.95. The van der Waals surface area contributed by atoms with Gasteiger partial charge in [0.25, 0.3) is 0 Å². The average molecular weight is 230 g/mol. The van der Waals surface area contributed by atoms with Gasteiger partial charge in [0.15, 0.2) is 0 Å². The fraction of sp³-hybridized carbons (Fsp3) is 0.727. The van der Waals surface area contributed by atoms with Crippen LogP contribution >= 0.6 is 0 Å². The quantitative estimate of drug-likeness (QED) is 0.512. The van der Waals surface area contributed by atoms with E-state index < -0.39 is 23.5 Å². The molecule has 5 nitrogen and oxygen atoms in total. The first-order valence-corrected chi connectivity index (χ1v) is 5.24. The van der Waals surface area contributed by atoms with Gasteiger partial charge in [0, 0.05) is 27.2 Å². The molecule has 0 aromatic carbocycles. The van der Waals surface area contributed by atoms with Crippen LogP contribution in [0.3, 0.4) is 0 Å². The van der Waals surface area contributed by atoms with Gasteiger partial charge in [0.05, 0.1) is 0 Å². The summed E-state index contributed by atoms with van der Waals surface area (Å²) in [5.74, 6) is -3.51. The third-order valence-electron chi connectivity index (χ3n) is 2.01. The van der Waals surface area contributed by atoms with Crippen LogP contribution in [0.2, 0.25) is 0 Å². The van der Waals surface area contributed by atoms with Gasteiger partial charge in [-0.3, -0.25) is 14.4 Å². The monoisotopic (exact) mass is 230 g/mol. The number of hydrogen-bond acceptors (Lipinski definition) is 5. The van der Waals surface area contributed by atoms with Gasteiger partial charge in [-0.15, -0.1) is 0 Å². The highest BCUT2D eigenvalue weighted by Gasteiger charge is 2.41. The number of carbonyl (C=O) groups is 3. The number of esters is 2. The Bertz CT molecular complexity index is 266. The van der Waals surface area contributed by atoms with Crippen molar-refractivity contribution in [3.63, 3.8) is 0 Å². The topological polar surface area (TPSA) is 69.7 Å². The molecule has 0 rings (SSSR count). The number of rotatable bonds is 6. The van der Waals surface area contributed by atoms with Gasteiger partial charge in [-0.05, 0) is 6.42 Å². The van der Waals surface area contributed by atoms with Crippen LogP contribution in [0, 0.1) is 0 Å². The molecule has 0 aliphatic carbocycles. The molecule has 0 bridgehead atoms. The zero-order chi connectivity index (χ0) is 12.8. The molecular weight excluding hydrogens is 212 g/mol. The summed E-state index contributed by atoms with van der Waals surface area (Å²) >= 11 is 0. The summed E-state index contributed by atoms with van der Waals surface area (Å²) in [4.78, 5) is 33.4. The van der Waals surface area contributed by atoms with E-state index >= 15 is 0 Å². The van der Waals surface area contributed by atoms with Crippen molar-refractivity contribution in [3.8, 4) is 0 Å². The number of carbonyl (C=O) groups excluding carboxylic acids is 3. The first-order valence-electron chi connectivity index (χ1n) is 5.24. The zero-order valence-electron chi connectivity index (χ0n) is 10.2. The fourth-order valence-electron chi connectivity index (χ4n) is 1.32. The third kappa shape index (κ3) is 4.42. The molecule has 5 heteroatoms. The summed E-state index contributed by atoms with van der Waals surface area (Å²) in [6.07, 6.45) is 1.62. The molecule has 0 saturated carbocycles. The molecule has 0 amide bonds. The Hall–Kier alpha value is -1.39. The van der Waals surface area contributed by atoms with Crippen LogP contribution in [0.4, 0.5) is 0 Å². The Morgan fingerprint density at radius 1 is 1.00 bits per heavy atom. The lowest BCUT2D eigenvalue weighted by Crippen LogP contribution is -2.45. The van der Waals surface area contributed by atoms with Crippen molar-refractivity contribution in [2.24, 2.45) is 0 Å². The van der Waals surface area contributed by atoms with Gasteiger partial charge in [-0.2, -0.15) is 0 Å². The lowest BCUT2D eigenvalue weighted by molar-refractivity contribution is -0.225. The molecule has 0 heterocycles. The smallest absolute Gasteiger partial charge is 0.315 e. The average Bonchev–Trinajstić information content (AvgIpc) is 2.11. The molecule has 0 unspecified atom stereocenters. The van der Waals surface area contributed by atoms with E-state index in [0.29, 0.717) is 6.42 Å². The van der Waals surface area contributed by atoms with Gasteiger partial charge in [-0.1, -0.05) is 13.3 Å². The molecule has 0 saturated heterocycles. The van der Waals surface area contributed by atoms with Gasteiger partial charge in [0.1, 0.15) is 0 Å². The maximum atomic E-state index is 11.5. The van der Waals surface area contributed by atoms with Crippen LogP contribution in [0.15, 0.2) is 0 Å². The summed E-state index contributed by atoms with van der Waals surface area (Å²) in [7, 11) is 0. The van der Waals surface area contributed by atoms with Crippen LogP contribution in [0.1, 0.15) is 47.0 Å². The molecule has 92 valence electrons. The molecule has 0 aliphatic rings. The van der Waals surface area contributed by atoms with E-state index in [0.717, 1.165) is 6.42 Å². The number of ketones is 1. The van der Waals surface area contributed by atoms with Crippen molar-refractivity contribution in [1.29, 1.82) is 0 Å². The molecule has 16 heavy (non-hydrogen) atoms. The van der Waals surface area contributed by atoms with Gasteiger partial charge in [0.2, 0.25) is 5.78 Å². The van der Waals surface area contributed by atoms with Gasteiger partial charge < -0.3 is 9.47 Å². The highest BCUT2D eigenvalue weighted by Crippen LogP contribution is 2.23. The third-order valence-corrected chi connectivity index (χ3v) is 2.01. The fourth-order valence-corrected chi connectivity index (χ4v) is 1.32. The normalized spacial score (nSPS) is 10.8. The molecule has 0 aromatic heterocycles. The van der Waals surface area contributed by atoms with Crippen molar-refractivity contribution < 1.29 is 23.9 Å². The Morgan fingerprint density at radius 3 is 1.69 bits per heavy atom. The second kappa shape index (κ2) is 6.25. The van der Waals surface area contributed by atoms with Crippen LogP contribution in [-0.2, 0) is 23.9 Å². The minimum Gasteiger partial charge on any atom is -0.415 e. The number of unbranched alkanes of at least 4 members (excludes halogenated alkanes) is 1. The van der Waals surface area contributed by atoms with Gasteiger partial charge >= 0.3 is 17.7 Å². The van der Waals surface area contributed by atoms with E-state index in [9.17, 15) is 14.4 Å². The minimum atomic E-state index is -1.74. The second-order valence-electron chi connectivity index (χ2n) is 3.60. The van der Waals surface area contributed by atoms with E-state index in [-0.39, 0.29) is 6.42 Å². The van der Waals surface area contributed by atoms with Crippen LogP contribution in [-0.4, -0.2) is 23.5 Å². The predicted molar refractivity (Wildman–Crippen MR) is 56.5 cm³/mol. The van der Waals surface area contributed by atoms with Crippen LogP contribution in [0.5, 0.6) is 0 Å². The predicted octanol–water partition coefficient (Wildman–Crippen LogP) is 1.59. The number of ether oxygens (including phenoxy) is 2. The summed E-state index contributed by atoms with van der Waals surface area (Å²) in [5, 5.41) is 0. The number of Topliss-reactive ketones (excluding diaryl/α,β-unsaturated/α-hetero) is 1. The molecule has 0 spiro atoms. The number of hydrogen-bond donors (Lipinski definition) is 0. The highest BCUT2D eigenvalue weighted by atomic mass is 16.7. The van der Waals surface area contributed by atoms with Crippen molar-refractivity contribution in [2.45, 2.75) is 52.7 Å². The van der Waals surface area contributed by atoms with Crippen molar-refractivity contribution in [3.05, 3.63) is 0 Å². The summed E-state index contributed by atoms with van der Waals surface area (Å²) < 4.78 is 9.76. The maximum absolute atomic E-state index is 11.5. The molecule has 0 fully saturated rings. The molecule has 0 atom stereocenters. The highest BCUT2D eigenvalue weighted by molar-refractivity contribution is 5.88. The molecule has 0 aliphatic heterocycles. The van der Waals surface area contributed by atoms with Crippen LogP contribution in [0.25, 0.3) is 0 Å². The van der Waals surface area contributed by atoms with E-state index in [2.05, 4.69) is 0 Å². The van der Waals surface area contributed by atoms with E-state index in [1.54, 1.807) is 0 Å². The lowest BCUT2D eigenvalue weighted by Gasteiger charge is -2.29. The summed E-state index contributed by atoms with van der Waals surface area (Å²) in [5.41, 5.74) is 0. The Labute approximate surface area is 95.1 Å². The van der Waals surface area contributed by atoms with Crippen molar-refractivity contribution in [1.82, 2.24) is 0 Å². The lowest BCUT2D eigenvalue weighted by atomic mass is 10.0. The summed E-state index contributed by atoms with van der Waals surface area (Å²) in [6.45, 7) is 5.51.